The van der Waals surface area contributed by atoms with Crippen LogP contribution >= 0.6 is 11.6 Å². The van der Waals surface area contributed by atoms with Gasteiger partial charge in [0.15, 0.2) is 11.6 Å². The first kappa shape index (κ1) is 34.6. The van der Waals surface area contributed by atoms with E-state index in [9.17, 15) is 13.2 Å². The van der Waals surface area contributed by atoms with E-state index in [0.717, 1.165) is 12.8 Å². The molecule has 6 rings (SSSR count). The molecule has 260 valence electrons. The van der Waals surface area contributed by atoms with E-state index < -0.39 is 27.4 Å². The fraction of sp³-hybridized carbons (Fsp3) is 0.382. The lowest BCUT2D eigenvalue weighted by Gasteiger charge is -2.27. The highest BCUT2D eigenvalue weighted by Crippen LogP contribution is 2.38. The summed E-state index contributed by atoms with van der Waals surface area (Å²) in [5, 5.41) is 4.76. The minimum absolute atomic E-state index is 0.0131. The van der Waals surface area contributed by atoms with Gasteiger partial charge in [-0.15, -0.1) is 0 Å². The Morgan fingerprint density at radius 3 is 2.35 bits per heavy atom. The van der Waals surface area contributed by atoms with Crippen molar-refractivity contribution in [3.63, 3.8) is 0 Å². The van der Waals surface area contributed by atoms with Gasteiger partial charge in [-0.25, -0.2) is 18.3 Å². The zero-order chi connectivity index (χ0) is 34.9. The minimum Gasteiger partial charge on any atom is -0.444 e. The quantitative estimate of drug-likeness (QED) is 0.226. The summed E-state index contributed by atoms with van der Waals surface area (Å²) >= 11 is 6.42. The van der Waals surface area contributed by atoms with Crippen LogP contribution in [-0.2, 0) is 14.9 Å². The van der Waals surface area contributed by atoms with Gasteiger partial charge in [0.05, 0.1) is 5.69 Å². The molecule has 0 spiro atoms. The first-order valence-electron chi connectivity index (χ1n) is 16.1. The Morgan fingerprint density at radius 2 is 1.65 bits per heavy atom. The molecule has 4 aromatic rings. The van der Waals surface area contributed by atoms with Crippen molar-refractivity contribution < 1.29 is 26.7 Å². The van der Waals surface area contributed by atoms with E-state index in [0.29, 0.717) is 62.6 Å². The predicted octanol–water partition coefficient (Wildman–Crippen LogP) is 6.73. The van der Waals surface area contributed by atoms with Crippen LogP contribution in [0, 0.1) is 11.6 Å². The molecule has 15 heteroatoms. The number of ether oxygens (including phenoxy) is 1. The molecule has 0 bridgehead atoms. The Morgan fingerprint density at radius 1 is 0.918 bits per heavy atom. The smallest absolute Gasteiger partial charge is 0.410 e. The monoisotopic (exact) mass is 713 g/mol. The predicted molar refractivity (Wildman–Crippen MR) is 185 cm³/mol. The van der Waals surface area contributed by atoms with Gasteiger partial charge in [-0.05, 0) is 82.5 Å². The third-order valence-electron chi connectivity index (χ3n) is 8.33. The van der Waals surface area contributed by atoms with Crippen LogP contribution in [0.3, 0.4) is 0 Å². The second-order valence-electron chi connectivity index (χ2n) is 13.0. The maximum Gasteiger partial charge on any atom is 0.410 e. The molecule has 1 N–H and O–H groups in total. The first-order chi connectivity index (χ1) is 23.3. The Bertz CT molecular complexity index is 1950. The molecule has 2 aromatic heterocycles. The van der Waals surface area contributed by atoms with Crippen molar-refractivity contribution in [2.45, 2.75) is 45.6 Å². The van der Waals surface area contributed by atoms with Crippen LogP contribution in [0.1, 0.15) is 40.0 Å². The van der Waals surface area contributed by atoms with E-state index in [2.05, 4.69) is 14.8 Å². The molecule has 2 aliphatic heterocycles. The van der Waals surface area contributed by atoms with Gasteiger partial charge in [0.2, 0.25) is 0 Å². The van der Waals surface area contributed by atoms with Crippen LogP contribution in [0.2, 0.25) is 5.02 Å². The number of carbonyl (C=O) groups excluding carboxylic acids is 1. The van der Waals surface area contributed by atoms with Crippen LogP contribution in [0.4, 0.5) is 25.0 Å². The van der Waals surface area contributed by atoms with Crippen molar-refractivity contribution in [2.24, 2.45) is 0 Å². The molecule has 49 heavy (non-hydrogen) atoms. The highest BCUT2D eigenvalue weighted by atomic mass is 35.5. The van der Waals surface area contributed by atoms with Gasteiger partial charge in [0.25, 0.3) is 0 Å². The number of aromatic nitrogens is 3. The van der Waals surface area contributed by atoms with E-state index in [1.54, 1.807) is 41.6 Å². The standard InChI is InChI=1S/C34H38ClF2N7O4S/c1-34(2,3)48-33(45)42-14-6-13-41(17-18-42)25-7-8-30(28(36)21-25)44-22-27(32(39-44)23-9-11-38-12-10-23)26-19-24(35)20-29(31(26)37)40-49(46,47)43-15-4-5-16-43/h7-12,19-22,40H,4-6,13-18H2,1-3H3. The van der Waals surface area contributed by atoms with E-state index in [-0.39, 0.29) is 33.6 Å². The van der Waals surface area contributed by atoms with Crippen molar-refractivity contribution in [3.05, 3.63) is 77.7 Å². The molecule has 11 nitrogen and oxygen atoms in total. The Balaban J connectivity index is 1.32. The molecule has 0 aliphatic carbocycles. The summed E-state index contributed by atoms with van der Waals surface area (Å²) in [6, 6.07) is 10.8. The van der Waals surface area contributed by atoms with E-state index in [1.165, 1.54) is 33.4 Å². The van der Waals surface area contributed by atoms with E-state index in [4.69, 9.17) is 16.3 Å². The fourth-order valence-corrected chi connectivity index (χ4v) is 7.48. The van der Waals surface area contributed by atoms with E-state index >= 15 is 8.78 Å². The second kappa shape index (κ2) is 13.9. The summed E-state index contributed by atoms with van der Waals surface area (Å²) in [5.41, 5.74) is 1.01. The summed E-state index contributed by atoms with van der Waals surface area (Å²) in [7, 11) is -4.01. The van der Waals surface area contributed by atoms with Crippen molar-refractivity contribution >= 4 is 39.3 Å². The molecule has 0 atom stereocenters. The summed E-state index contributed by atoms with van der Waals surface area (Å²) in [5.74, 6) is -1.41. The number of nitrogens with one attached hydrogen (secondary N) is 1. The van der Waals surface area contributed by atoms with Crippen LogP contribution in [0.25, 0.3) is 28.1 Å². The maximum absolute atomic E-state index is 16.2. The SMILES string of the molecule is CC(C)(C)OC(=O)N1CCCN(c2ccc(-n3cc(-c4cc(Cl)cc(NS(=O)(=O)N5CCCC5)c4F)c(-c4ccncc4)n3)c(F)c2)CC1. The van der Waals surface area contributed by atoms with E-state index in [1.807, 2.05) is 25.7 Å². The molecule has 2 aliphatic rings. The summed E-state index contributed by atoms with van der Waals surface area (Å²) in [4.78, 5) is 20.4. The van der Waals surface area contributed by atoms with Crippen LogP contribution in [0.5, 0.6) is 0 Å². The highest BCUT2D eigenvalue weighted by Gasteiger charge is 2.29. The van der Waals surface area contributed by atoms with Gasteiger partial charge in [-0.2, -0.15) is 17.8 Å². The van der Waals surface area contributed by atoms with Crippen LogP contribution in [-0.4, -0.2) is 83.4 Å². The number of pyridine rings is 1. The Kier molecular flexibility index (Phi) is 9.83. The number of benzene rings is 2. The molecule has 2 aromatic carbocycles. The molecule has 0 radical (unpaired) electrons. The number of hydrogen-bond donors (Lipinski definition) is 1. The zero-order valence-corrected chi connectivity index (χ0v) is 29.1. The summed E-state index contributed by atoms with van der Waals surface area (Å²) in [6.07, 6.45) is 6.36. The molecule has 0 unspecified atom stereocenters. The van der Waals surface area contributed by atoms with Crippen LogP contribution in [0.15, 0.2) is 61.1 Å². The number of carbonyl (C=O) groups is 1. The molecule has 2 saturated heterocycles. The second-order valence-corrected chi connectivity index (χ2v) is 15.2. The maximum atomic E-state index is 16.2. The van der Waals surface area contributed by atoms with Gasteiger partial charge in [0.1, 0.15) is 17.0 Å². The average Bonchev–Trinajstić information content (AvgIpc) is 3.69. The largest absolute Gasteiger partial charge is 0.444 e. The van der Waals surface area contributed by atoms with Gasteiger partial charge in [0, 0.05) is 85.3 Å². The minimum atomic E-state index is -4.01. The summed E-state index contributed by atoms with van der Waals surface area (Å²) < 4.78 is 68.6. The number of amides is 1. The number of nitrogens with zero attached hydrogens (tertiary/aromatic N) is 6. The number of rotatable bonds is 7. The van der Waals surface area contributed by atoms with Gasteiger partial charge >= 0.3 is 16.3 Å². The molecule has 1 amide bonds. The van der Waals surface area contributed by atoms with Gasteiger partial charge < -0.3 is 14.5 Å². The Hall–Kier alpha value is -4.27. The normalized spacial score (nSPS) is 16.1. The highest BCUT2D eigenvalue weighted by molar-refractivity contribution is 7.90. The fourth-order valence-electron chi connectivity index (χ4n) is 5.97. The topological polar surface area (TPSA) is 113 Å². The molecular formula is C34H38ClF2N7O4S. The van der Waals surface area contributed by atoms with Crippen molar-refractivity contribution in [1.29, 1.82) is 0 Å². The number of halogens is 3. The van der Waals surface area contributed by atoms with Crippen molar-refractivity contribution in [2.75, 3.05) is 48.9 Å². The number of anilines is 2. The third-order valence-corrected chi connectivity index (χ3v) is 10.1. The molecule has 0 saturated carbocycles. The molecule has 4 heterocycles. The Labute approximate surface area is 289 Å². The van der Waals surface area contributed by atoms with Gasteiger partial charge in [-0.3, -0.25) is 9.71 Å². The average molecular weight is 714 g/mol. The number of hydrogen-bond acceptors (Lipinski definition) is 7. The van der Waals surface area contributed by atoms with Crippen molar-refractivity contribution in [1.82, 2.24) is 24.0 Å². The molecule has 2 fully saturated rings. The zero-order valence-electron chi connectivity index (χ0n) is 27.5. The summed E-state index contributed by atoms with van der Waals surface area (Å²) in [6.45, 7) is 8.23. The van der Waals surface area contributed by atoms with Crippen LogP contribution < -0.4 is 9.62 Å². The van der Waals surface area contributed by atoms with Crippen molar-refractivity contribution in [3.8, 4) is 28.1 Å². The van der Waals surface area contributed by atoms with Gasteiger partial charge in [-0.1, -0.05) is 11.6 Å². The lowest BCUT2D eigenvalue weighted by Crippen LogP contribution is -2.39. The lowest BCUT2D eigenvalue weighted by molar-refractivity contribution is 0.0263. The molecular weight excluding hydrogens is 676 g/mol. The lowest BCUT2D eigenvalue weighted by atomic mass is 10.0. The first-order valence-corrected chi connectivity index (χ1v) is 17.9. The third kappa shape index (κ3) is 7.81.